The maximum absolute atomic E-state index is 12.5. The van der Waals surface area contributed by atoms with Gasteiger partial charge < -0.3 is 14.6 Å². The Balaban J connectivity index is 1.62. The fourth-order valence-corrected chi connectivity index (χ4v) is 3.95. The summed E-state index contributed by atoms with van der Waals surface area (Å²) in [4.78, 5) is 12.3. The van der Waals surface area contributed by atoms with Crippen LogP contribution in [0.25, 0.3) is 0 Å². The van der Waals surface area contributed by atoms with E-state index in [1.807, 2.05) is 26.8 Å². The largest absolute Gasteiger partial charge is 0.483 e. The predicted molar refractivity (Wildman–Crippen MR) is 118 cm³/mol. The summed E-state index contributed by atoms with van der Waals surface area (Å²) in [6.07, 6.45) is 0. The second kappa shape index (κ2) is 8.81. The molecule has 0 aliphatic rings. The summed E-state index contributed by atoms with van der Waals surface area (Å²) in [5, 5.41) is 6.43. The summed E-state index contributed by atoms with van der Waals surface area (Å²) >= 11 is 0. The molecule has 9 heteroatoms. The van der Waals surface area contributed by atoms with Crippen molar-refractivity contribution < 1.29 is 22.5 Å². The Hall–Kier alpha value is -3.33. The molecule has 31 heavy (non-hydrogen) atoms. The third-order valence-corrected chi connectivity index (χ3v) is 6.30. The van der Waals surface area contributed by atoms with Crippen molar-refractivity contribution in [3.05, 3.63) is 64.3 Å². The van der Waals surface area contributed by atoms with E-state index in [0.717, 1.165) is 16.7 Å². The number of nitrogens with zero attached hydrogens (tertiary/aromatic N) is 1. The van der Waals surface area contributed by atoms with Gasteiger partial charge in [0, 0.05) is 11.3 Å². The maximum atomic E-state index is 12.5. The number of aromatic nitrogens is 1. The van der Waals surface area contributed by atoms with Crippen molar-refractivity contribution in [2.45, 2.75) is 39.5 Å². The Labute approximate surface area is 181 Å². The second-order valence-corrected chi connectivity index (χ2v) is 9.08. The van der Waals surface area contributed by atoms with Gasteiger partial charge in [-0.3, -0.25) is 4.79 Å². The minimum atomic E-state index is -3.85. The summed E-state index contributed by atoms with van der Waals surface area (Å²) in [7, 11) is -3.85. The third kappa shape index (κ3) is 5.24. The van der Waals surface area contributed by atoms with Gasteiger partial charge in [0.25, 0.3) is 15.9 Å². The zero-order valence-electron chi connectivity index (χ0n) is 18.1. The van der Waals surface area contributed by atoms with E-state index in [1.54, 1.807) is 13.8 Å². The van der Waals surface area contributed by atoms with E-state index >= 15 is 0 Å². The first-order valence-corrected chi connectivity index (χ1v) is 11.1. The second-order valence-electron chi connectivity index (χ2n) is 7.39. The highest BCUT2D eigenvalue weighted by atomic mass is 32.2. The molecule has 0 atom stereocenters. The van der Waals surface area contributed by atoms with Crippen molar-refractivity contribution in [2.24, 2.45) is 0 Å². The van der Waals surface area contributed by atoms with Crippen molar-refractivity contribution in [1.82, 2.24) is 5.16 Å². The first-order chi connectivity index (χ1) is 14.6. The first kappa shape index (κ1) is 22.4. The zero-order chi connectivity index (χ0) is 22.8. The van der Waals surface area contributed by atoms with E-state index < -0.39 is 10.0 Å². The van der Waals surface area contributed by atoms with Crippen LogP contribution in [0.1, 0.15) is 27.9 Å². The van der Waals surface area contributed by atoms with Gasteiger partial charge in [-0.25, -0.2) is 13.1 Å². The van der Waals surface area contributed by atoms with Crippen LogP contribution < -0.4 is 14.8 Å². The van der Waals surface area contributed by atoms with Crippen LogP contribution in [0.4, 0.5) is 11.6 Å². The summed E-state index contributed by atoms with van der Waals surface area (Å²) in [6.45, 7) is 9.18. The molecular formula is C22H25N3O5S. The van der Waals surface area contributed by atoms with Gasteiger partial charge >= 0.3 is 0 Å². The molecule has 0 unspecified atom stereocenters. The fraction of sp³-hybridized carbons (Fsp3) is 0.273. The maximum Gasteiger partial charge on any atom is 0.264 e. The van der Waals surface area contributed by atoms with Crippen LogP contribution in [0, 0.1) is 34.6 Å². The van der Waals surface area contributed by atoms with E-state index in [1.165, 1.54) is 24.3 Å². The molecule has 3 rings (SSSR count). The summed E-state index contributed by atoms with van der Waals surface area (Å²) in [6, 6.07) is 9.74. The fourth-order valence-electron chi connectivity index (χ4n) is 2.90. The Morgan fingerprint density at radius 3 is 2.32 bits per heavy atom. The molecule has 1 amide bonds. The van der Waals surface area contributed by atoms with E-state index in [9.17, 15) is 13.2 Å². The topological polar surface area (TPSA) is 111 Å². The summed E-state index contributed by atoms with van der Waals surface area (Å²) in [5.41, 5.74) is 4.81. The van der Waals surface area contributed by atoms with Crippen molar-refractivity contribution >= 4 is 27.5 Å². The Kier molecular flexibility index (Phi) is 6.35. The molecule has 0 aliphatic carbocycles. The number of ether oxygens (including phenoxy) is 1. The van der Waals surface area contributed by atoms with E-state index in [2.05, 4.69) is 21.3 Å². The van der Waals surface area contributed by atoms with Gasteiger partial charge in [0.2, 0.25) is 5.88 Å². The molecule has 0 fully saturated rings. The van der Waals surface area contributed by atoms with Gasteiger partial charge in [0.15, 0.2) is 6.61 Å². The van der Waals surface area contributed by atoms with E-state index in [-0.39, 0.29) is 23.3 Å². The molecule has 2 N–H and O–H groups in total. The molecule has 2 aromatic carbocycles. The molecule has 0 spiro atoms. The Bertz CT molecular complexity index is 1210. The number of hydrogen-bond donors (Lipinski definition) is 2. The number of nitrogens with one attached hydrogen (secondary N) is 2. The summed E-state index contributed by atoms with van der Waals surface area (Å²) in [5.74, 6) is 0.395. The molecule has 0 bridgehead atoms. The first-order valence-electron chi connectivity index (χ1n) is 9.63. The number of hydrogen-bond acceptors (Lipinski definition) is 6. The lowest BCUT2D eigenvalue weighted by molar-refractivity contribution is -0.118. The van der Waals surface area contributed by atoms with Crippen LogP contribution in [-0.4, -0.2) is 26.1 Å². The highest BCUT2D eigenvalue weighted by Gasteiger charge is 2.19. The normalized spacial score (nSPS) is 11.3. The summed E-state index contributed by atoms with van der Waals surface area (Å²) < 4.78 is 38.1. The molecule has 1 aromatic heterocycles. The van der Waals surface area contributed by atoms with Gasteiger partial charge in [0.1, 0.15) is 5.75 Å². The van der Waals surface area contributed by atoms with Crippen LogP contribution in [-0.2, 0) is 14.8 Å². The SMILES string of the molecule is Cc1cc(C)c(C)c(OCC(=O)Nc2ccc(S(=O)(=O)Nc3onc(C)c3C)cc2)c1. The molecule has 164 valence electrons. The highest BCUT2D eigenvalue weighted by molar-refractivity contribution is 7.92. The minimum absolute atomic E-state index is 0.0288. The highest BCUT2D eigenvalue weighted by Crippen LogP contribution is 2.24. The van der Waals surface area contributed by atoms with E-state index in [0.29, 0.717) is 22.7 Å². The van der Waals surface area contributed by atoms with Crippen molar-refractivity contribution in [3.63, 3.8) is 0 Å². The molecule has 0 saturated heterocycles. The lowest BCUT2D eigenvalue weighted by atomic mass is 10.1. The van der Waals surface area contributed by atoms with Crippen LogP contribution in [0.5, 0.6) is 5.75 Å². The van der Waals surface area contributed by atoms with Crippen molar-refractivity contribution in [2.75, 3.05) is 16.6 Å². The van der Waals surface area contributed by atoms with Crippen LogP contribution in [0.3, 0.4) is 0 Å². The molecular weight excluding hydrogens is 418 g/mol. The van der Waals surface area contributed by atoms with Crippen LogP contribution in [0.2, 0.25) is 0 Å². The van der Waals surface area contributed by atoms with Gasteiger partial charge in [-0.1, -0.05) is 11.2 Å². The monoisotopic (exact) mass is 443 g/mol. The van der Waals surface area contributed by atoms with Gasteiger partial charge in [-0.05, 0) is 81.6 Å². The number of amides is 1. The molecule has 3 aromatic rings. The molecule has 0 radical (unpaired) electrons. The lowest BCUT2D eigenvalue weighted by Crippen LogP contribution is -2.20. The minimum Gasteiger partial charge on any atom is -0.483 e. The van der Waals surface area contributed by atoms with Crippen LogP contribution >= 0.6 is 0 Å². The molecule has 0 saturated carbocycles. The van der Waals surface area contributed by atoms with Crippen molar-refractivity contribution in [1.29, 1.82) is 0 Å². The number of aryl methyl sites for hydroxylation is 3. The third-order valence-electron chi connectivity index (χ3n) is 4.96. The lowest BCUT2D eigenvalue weighted by Gasteiger charge is -2.12. The van der Waals surface area contributed by atoms with Crippen molar-refractivity contribution in [3.8, 4) is 5.75 Å². The Morgan fingerprint density at radius 1 is 1.03 bits per heavy atom. The number of benzene rings is 2. The average Bonchev–Trinajstić information content (AvgIpc) is 3.01. The molecule has 0 aliphatic heterocycles. The van der Waals surface area contributed by atoms with E-state index in [4.69, 9.17) is 9.26 Å². The van der Waals surface area contributed by atoms with Gasteiger partial charge in [-0.15, -0.1) is 0 Å². The molecule has 1 heterocycles. The smallest absolute Gasteiger partial charge is 0.264 e. The number of carbonyl (C=O) groups is 1. The van der Waals surface area contributed by atoms with Gasteiger partial charge in [-0.2, -0.15) is 0 Å². The Morgan fingerprint density at radius 2 is 1.71 bits per heavy atom. The molecule has 8 nitrogen and oxygen atoms in total. The number of anilines is 2. The number of rotatable bonds is 7. The number of carbonyl (C=O) groups excluding carboxylic acids is 1. The van der Waals surface area contributed by atoms with Crippen LogP contribution in [0.15, 0.2) is 45.8 Å². The average molecular weight is 444 g/mol. The standard InChI is InChI=1S/C22H25N3O5S/c1-13-10-14(2)15(3)20(11-13)29-12-21(26)23-18-6-8-19(9-7-18)31(27,28)25-22-16(4)17(5)24-30-22/h6-11,25H,12H2,1-5H3,(H,23,26). The van der Waals surface area contributed by atoms with Gasteiger partial charge in [0.05, 0.1) is 10.6 Å². The predicted octanol–water partition coefficient (Wildman–Crippen LogP) is 4.04. The zero-order valence-corrected chi connectivity index (χ0v) is 18.9. The number of sulfonamides is 1. The quantitative estimate of drug-likeness (QED) is 0.570.